The Labute approximate surface area is 103 Å². The van der Waals surface area contributed by atoms with Crippen LogP contribution in [0.3, 0.4) is 0 Å². The molecule has 0 bridgehead atoms. The second-order valence-electron chi connectivity index (χ2n) is 3.92. The first-order valence-electron chi connectivity index (χ1n) is 5.29. The predicted molar refractivity (Wildman–Crippen MR) is 65.7 cm³/mol. The van der Waals surface area contributed by atoms with E-state index in [1.807, 2.05) is 19.2 Å². The van der Waals surface area contributed by atoms with Gasteiger partial charge in [0.25, 0.3) is 0 Å². The fourth-order valence-corrected chi connectivity index (χ4v) is 2.51. The number of morpholine rings is 1. The minimum Gasteiger partial charge on any atom is -0.394 e. The average Bonchev–Trinajstić information content (AvgIpc) is 2.29. The average molecular weight is 287 g/mol. The zero-order chi connectivity index (χ0) is 11.5. The van der Waals surface area contributed by atoms with Crippen molar-refractivity contribution in [1.82, 2.24) is 4.98 Å². The van der Waals surface area contributed by atoms with Crippen molar-refractivity contribution < 1.29 is 9.84 Å². The van der Waals surface area contributed by atoms with E-state index in [-0.39, 0.29) is 12.6 Å². The third kappa shape index (κ3) is 2.36. The number of pyridine rings is 1. The van der Waals surface area contributed by atoms with Crippen LogP contribution in [0.5, 0.6) is 0 Å². The molecule has 1 aromatic rings. The molecule has 0 aliphatic carbocycles. The molecule has 1 aliphatic heterocycles. The minimum atomic E-state index is 0.000237. The third-order valence-electron chi connectivity index (χ3n) is 2.67. The molecule has 1 N–H and O–H groups in total. The molecule has 88 valence electrons. The third-order valence-corrected chi connectivity index (χ3v) is 3.25. The summed E-state index contributed by atoms with van der Waals surface area (Å²) < 4.78 is 6.31. The van der Waals surface area contributed by atoms with Gasteiger partial charge in [-0.25, -0.2) is 4.98 Å². The molecule has 1 atom stereocenters. The van der Waals surface area contributed by atoms with Crippen LogP contribution < -0.4 is 4.90 Å². The van der Waals surface area contributed by atoms with Crippen molar-refractivity contribution in [2.45, 2.75) is 13.0 Å². The number of halogens is 1. The van der Waals surface area contributed by atoms with Gasteiger partial charge in [0.15, 0.2) is 0 Å². The molecule has 4 nitrogen and oxygen atoms in total. The van der Waals surface area contributed by atoms with Crippen LogP contribution in [0.1, 0.15) is 5.56 Å². The van der Waals surface area contributed by atoms with Crippen molar-refractivity contribution in [1.29, 1.82) is 0 Å². The molecule has 1 aromatic heterocycles. The van der Waals surface area contributed by atoms with Gasteiger partial charge in [0.1, 0.15) is 5.82 Å². The van der Waals surface area contributed by atoms with Crippen LogP contribution in [0.15, 0.2) is 16.7 Å². The van der Waals surface area contributed by atoms with Gasteiger partial charge in [-0.15, -0.1) is 0 Å². The van der Waals surface area contributed by atoms with Gasteiger partial charge in [0.05, 0.1) is 30.3 Å². The highest BCUT2D eigenvalue weighted by molar-refractivity contribution is 9.10. The van der Waals surface area contributed by atoms with E-state index in [0.29, 0.717) is 13.2 Å². The second kappa shape index (κ2) is 5.12. The van der Waals surface area contributed by atoms with Gasteiger partial charge in [0, 0.05) is 12.7 Å². The molecule has 0 saturated carbocycles. The highest BCUT2D eigenvalue weighted by Gasteiger charge is 2.24. The predicted octanol–water partition coefficient (Wildman–Crippen LogP) is 1.35. The number of aromatic nitrogens is 1. The fraction of sp³-hybridized carbons (Fsp3) is 0.545. The SMILES string of the molecule is Cc1cnc(N2CCOCC2CO)c(Br)c1. The Hall–Kier alpha value is -0.650. The summed E-state index contributed by atoms with van der Waals surface area (Å²) in [5.41, 5.74) is 1.12. The first-order valence-corrected chi connectivity index (χ1v) is 6.09. The molecule has 0 radical (unpaired) electrons. The van der Waals surface area contributed by atoms with Crippen LogP contribution in [0.25, 0.3) is 0 Å². The Morgan fingerprint density at radius 1 is 1.69 bits per heavy atom. The van der Waals surface area contributed by atoms with Crippen LogP contribution in [-0.4, -0.2) is 42.5 Å². The van der Waals surface area contributed by atoms with Crippen LogP contribution in [0.4, 0.5) is 5.82 Å². The van der Waals surface area contributed by atoms with Gasteiger partial charge in [-0.3, -0.25) is 0 Å². The molecule has 5 heteroatoms. The zero-order valence-corrected chi connectivity index (χ0v) is 10.8. The van der Waals surface area contributed by atoms with E-state index in [0.717, 1.165) is 22.4 Å². The molecular formula is C11H15BrN2O2. The zero-order valence-electron chi connectivity index (χ0n) is 9.19. The lowest BCUT2D eigenvalue weighted by atomic mass is 10.2. The highest BCUT2D eigenvalue weighted by Crippen LogP contribution is 2.27. The van der Waals surface area contributed by atoms with Gasteiger partial charge in [-0.2, -0.15) is 0 Å². The molecule has 0 aromatic carbocycles. The highest BCUT2D eigenvalue weighted by atomic mass is 79.9. The van der Waals surface area contributed by atoms with E-state index in [1.165, 1.54) is 0 Å². The maximum absolute atomic E-state index is 9.30. The number of hydrogen-bond acceptors (Lipinski definition) is 4. The summed E-state index contributed by atoms with van der Waals surface area (Å²) in [6.45, 7) is 4.09. The molecule has 1 aliphatic rings. The number of hydrogen-bond donors (Lipinski definition) is 1. The topological polar surface area (TPSA) is 45.6 Å². The summed E-state index contributed by atoms with van der Waals surface area (Å²) in [6.07, 6.45) is 1.84. The van der Waals surface area contributed by atoms with Gasteiger partial charge >= 0.3 is 0 Å². The van der Waals surface area contributed by atoms with E-state index < -0.39 is 0 Å². The first kappa shape index (κ1) is 11.8. The smallest absolute Gasteiger partial charge is 0.143 e. The molecule has 0 spiro atoms. The van der Waals surface area contributed by atoms with Crippen LogP contribution in [-0.2, 0) is 4.74 Å². The van der Waals surface area contributed by atoms with Crippen molar-refractivity contribution in [3.05, 3.63) is 22.3 Å². The molecule has 1 unspecified atom stereocenters. The molecule has 2 rings (SSSR count). The van der Waals surface area contributed by atoms with E-state index in [9.17, 15) is 5.11 Å². The van der Waals surface area contributed by atoms with Crippen LogP contribution >= 0.6 is 15.9 Å². The van der Waals surface area contributed by atoms with E-state index in [2.05, 4.69) is 25.8 Å². The quantitative estimate of drug-likeness (QED) is 0.892. The summed E-state index contributed by atoms with van der Waals surface area (Å²) in [7, 11) is 0. The summed E-state index contributed by atoms with van der Waals surface area (Å²) in [5, 5.41) is 9.30. The molecular weight excluding hydrogens is 272 g/mol. The van der Waals surface area contributed by atoms with Gasteiger partial charge in [-0.1, -0.05) is 0 Å². The van der Waals surface area contributed by atoms with Crippen molar-refractivity contribution in [2.24, 2.45) is 0 Å². The van der Waals surface area contributed by atoms with Crippen molar-refractivity contribution in [2.75, 3.05) is 31.3 Å². The Kier molecular flexibility index (Phi) is 3.78. The van der Waals surface area contributed by atoms with E-state index >= 15 is 0 Å². The molecule has 16 heavy (non-hydrogen) atoms. The van der Waals surface area contributed by atoms with Gasteiger partial charge in [-0.05, 0) is 34.5 Å². The largest absolute Gasteiger partial charge is 0.394 e. The normalized spacial score (nSPS) is 21.2. The summed E-state index contributed by atoms with van der Waals surface area (Å²) in [5.74, 6) is 0.882. The number of aryl methyl sites for hydroxylation is 1. The number of aliphatic hydroxyl groups is 1. The summed E-state index contributed by atoms with van der Waals surface area (Å²) >= 11 is 3.51. The molecule has 1 saturated heterocycles. The van der Waals surface area contributed by atoms with Crippen LogP contribution in [0.2, 0.25) is 0 Å². The Bertz CT molecular complexity index is 373. The van der Waals surface area contributed by atoms with Crippen LogP contribution in [0, 0.1) is 6.92 Å². The monoisotopic (exact) mass is 286 g/mol. The lowest BCUT2D eigenvalue weighted by Gasteiger charge is -2.35. The molecule has 2 heterocycles. The van der Waals surface area contributed by atoms with E-state index in [4.69, 9.17) is 4.74 Å². The van der Waals surface area contributed by atoms with Crippen molar-refractivity contribution in [3.63, 3.8) is 0 Å². The number of rotatable bonds is 2. The Morgan fingerprint density at radius 2 is 2.50 bits per heavy atom. The van der Waals surface area contributed by atoms with Crippen molar-refractivity contribution >= 4 is 21.7 Å². The summed E-state index contributed by atoms with van der Waals surface area (Å²) in [6, 6.07) is 2.03. The number of ether oxygens (including phenoxy) is 1. The van der Waals surface area contributed by atoms with E-state index in [1.54, 1.807) is 0 Å². The fourth-order valence-electron chi connectivity index (χ4n) is 1.82. The van der Waals surface area contributed by atoms with Gasteiger partial charge < -0.3 is 14.7 Å². The van der Waals surface area contributed by atoms with Crippen molar-refractivity contribution in [3.8, 4) is 0 Å². The number of anilines is 1. The lowest BCUT2D eigenvalue weighted by molar-refractivity contribution is 0.0722. The lowest BCUT2D eigenvalue weighted by Crippen LogP contribution is -2.48. The standard InChI is InChI=1S/C11H15BrN2O2/c1-8-4-10(12)11(13-5-8)14-2-3-16-7-9(14)6-15/h4-5,9,15H,2-3,6-7H2,1H3. The molecule has 1 fully saturated rings. The summed E-state index contributed by atoms with van der Waals surface area (Å²) in [4.78, 5) is 6.50. The second-order valence-corrected chi connectivity index (χ2v) is 4.78. The maximum atomic E-state index is 9.30. The molecule has 0 amide bonds. The number of nitrogens with zero attached hydrogens (tertiary/aromatic N) is 2. The van der Waals surface area contributed by atoms with Gasteiger partial charge in [0.2, 0.25) is 0 Å². The minimum absolute atomic E-state index is 0.000237. The maximum Gasteiger partial charge on any atom is 0.143 e. The number of aliphatic hydroxyl groups excluding tert-OH is 1. The first-order chi connectivity index (χ1) is 7.72. The Balaban J connectivity index is 2.27. The Morgan fingerprint density at radius 3 is 3.19 bits per heavy atom.